The molecule has 0 aliphatic heterocycles. The topological polar surface area (TPSA) is 73.2 Å². The lowest BCUT2D eigenvalue weighted by atomic mass is 10.1. The van der Waals surface area contributed by atoms with Crippen LogP contribution in [0.3, 0.4) is 0 Å². The fourth-order valence-corrected chi connectivity index (χ4v) is 1.99. The first-order valence-electron chi connectivity index (χ1n) is 7.38. The van der Waals surface area contributed by atoms with Gasteiger partial charge < -0.3 is 14.6 Å². The van der Waals surface area contributed by atoms with E-state index < -0.39 is 5.97 Å². The normalized spacial score (nSPS) is 10.7. The zero-order chi connectivity index (χ0) is 16.5. The van der Waals surface area contributed by atoms with Crippen molar-refractivity contribution in [3.63, 3.8) is 0 Å². The third kappa shape index (κ3) is 5.10. The summed E-state index contributed by atoms with van der Waals surface area (Å²) in [6.45, 7) is 3.22. The Morgan fingerprint density at radius 1 is 1.35 bits per heavy atom. The smallest absolute Gasteiger partial charge is 0.338 e. The van der Waals surface area contributed by atoms with Gasteiger partial charge in [-0.05, 0) is 24.6 Å². The van der Waals surface area contributed by atoms with Crippen LogP contribution in [0, 0.1) is 0 Å². The number of imidazole rings is 1. The molecular weight excluding hydrogens is 294 g/mol. The van der Waals surface area contributed by atoms with Gasteiger partial charge in [0.25, 0.3) is 0 Å². The first-order valence-corrected chi connectivity index (χ1v) is 7.38. The Morgan fingerprint density at radius 3 is 2.91 bits per heavy atom. The number of esters is 1. The van der Waals surface area contributed by atoms with Gasteiger partial charge in [0, 0.05) is 31.6 Å². The van der Waals surface area contributed by atoms with E-state index in [0.29, 0.717) is 30.8 Å². The molecule has 6 heteroatoms. The van der Waals surface area contributed by atoms with E-state index >= 15 is 0 Å². The van der Waals surface area contributed by atoms with E-state index in [4.69, 9.17) is 4.74 Å². The van der Waals surface area contributed by atoms with E-state index in [9.17, 15) is 9.59 Å². The molecule has 0 aliphatic rings. The summed E-state index contributed by atoms with van der Waals surface area (Å²) in [5.41, 5.74) is 1.09. The van der Waals surface area contributed by atoms with Crippen molar-refractivity contribution in [3.05, 3.63) is 60.2 Å². The van der Waals surface area contributed by atoms with Crippen molar-refractivity contribution in [3.8, 4) is 0 Å². The van der Waals surface area contributed by atoms with Crippen LogP contribution >= 0.6 is 0 Å². The SMILES string of the molecule is CCOC(=O)c1ccccc1/C=C/C(=O)NCCn1ccnc1. The molecule has 0 saturated heterocycles. The van der Waals surface area contributed by atoms with Crippen molar-refractivity contribution in [2.24, 2.45) is 0 Å². The van der Waals surface area contributed by atoms with Gasteiger partial charge in [0.1, 0.15) is 0 Å². The molecule has 0 unspecified atom stereocenters. The number of hydrogen-bond acceptors (Lipinski definition) is 4. The second-order valence-electron chi connectivity index (χ2n) is 4.73. The highest BCUT2D eigenvalue weighted by molar-refractivity contribution is 5.97. The molecule has 0 aliphatic carbocycles. The highest BCUT2D eigenvalue weighted by Gasteiger charge is 2.09. The van der Waals surface area contributed by atoms with Crippen LogP contribution < -0.4 is 5.32 Å². The summed E-state index contributed by atoms with van der Waals surface area (Å²) >= 11 is 0. The number of hydrogen-bond donors (Lipinski definition) is 1. The summed E-state index contributed by atoms with van der Waals surface area (Å²) in [6.07, 6.45) is 8.23. The average molecular weight is 313 g/mol. The molecule has 0 saturated carbocycles. The lowest BCUT2D eigenvalue weighted by molar-refractivity contribution is -0.116. The second kappa shape index (κ2) is 8.53. The Hall–Kier alpha value is -2.89. The van der Waals surface area contributed by atoms with E-state index in [1.54, 1.807) is 49.8 Å². The van der Waals surface area contributed by atoms with E-state index in [1.807, 2.05) is 10.8 Å². The van der Waals surface area contributed by atoms with Crippen molar-refractivity contribution in [1.29, 1.82) is 0 Å². The largest absolute Gasteiger partial charge is 0.462 e. The van der Waals surface area contributed by atoms with Gasteiger partial charge in [-0.3, -0.25) is 4.79 Å². The van der Waals surface area contributed by atoms with E-state index in [-0.39, 0.29) is 5.91 Å². The van der Waals surface area contributed by atoms with Crippen molar-refractivity contribution in [1.82, 2.24) is 14.9 Å². The number of rotatable bonds is 7. The number of aromatic nitrogens is 2. The van der Waals surface area contributed by atoms with E-state index in [1.165, 1.54) is 6.08 Å². The van der Waals surface area contributed by atoms with Gasteiger partial charge in [-0.1, -0.05) is 18.2 Å². The summed E-state index contributed by atoms with van der Waals surface area (Å²) < 4.78 is 6.87. The molecule has 0 radical (unpaired) electrons. The molecule has 0 bridgehead atoms. The van der Waals surface area contributed by atoms with Crippen LogP contribution in [0.5, 0.6) is 0 Å². The molecule has 120 valence electrons. The summed E-state index contributed by atoms with van der Waals surface area (Å²) in [7, 11) is 0. The lowest BCUT2D eigenvalue weighted by Gasteiger charge is -2.05. The lowest BCUT2D eigenvalue weighted by Crippen LogP contribution is -2.25. The summed E-state index contributed by atoms with van der Waals surface area (Å²) in [5, 5.41) is 2.77. The summed E-state index contributed by atoms with van der Waals surface area (Å²) in [5.74, 6) is -0.614. The molecule has 1 heterocycles. The molecule has 2 rings (SSSR count). The molecule has 0 fully saturated rings. The Kier molecular flexibility index (Phi) is 6.11. The predicted molar refractivity (Wildman–Crippen MR) is 86.7 cm³/mol. The quantitative estimate of drug-likeness (QED) is 0.626. The van der Waals surface area contributed by atoms with Crippen LogP contribution in [0.2, 0.25) is 0 Å². The van der Waals surface area contributed by atoms with Crippen LogP contribution in [0.15, 0.2) is 49.1 Å². The fourth-order valence-electron chi connectivity index (χ4n) is 1.99. The van der Waals surface area contributed by atoms with Crippen LogP contribution in [0.1, 0.15) is 22.8 Å². The molecule has 1 aromatic carbocycles. The molecule has 0 spiro atoms. The van der Waals surface area contributed by atoms with Gasteiger partial charge >= 0.3 is 5.97 Å². The Balaban J connectivity index is 1.91. The van der Waals surface area contributed by atoms with Crippen molar-refractivity contribution < 1.29 is 14.3 Å². The number of nitrogens with one attached hydrogen (secondary N) is 1. The fraction of sp³-hybridized carbons (Fsp3) is 0.235. The van der Waals surface area contributed by atoms with Crippen LogP contribution in [0.4, 0.5) is 0 Å². The summed E-state index contributed by atoms with van der Waals surface area (Å²) in [6, 6.07) is 7.00. The van der Waals surface area contributed by atoms with E-state index in [0.717, 1.165) is 0 Å². The molecule has 6 nitrogen and oxygen atoms in total. The Labute approximate surface area is 134 Å². The predicted octanol–water partition coefficient (Wildman–Crippen LogP) is 1.89. The third-order valence-electron chi connectivity index (χ3n) is 3.10. The molecule has 1 N–H and O–H groups in total. The monoisotopic (exact) mass is 313 g/mol. The average Bonchev–Trinajstić information content (AvgIpc) is 3.07. The number of nitrogens with zero attached hydrogens (tertiary/aromatic N) is 2. The highest BCUT2D eigenvalue weighted by atomic mass is 16.5. The zero-order valence-electron chi connectivity index (χ0n) is 12.9. The Morgan fingerprint density at radius 2 is 2.17 bits per heavy atom. The standard InChI is InChI=1S/C17H19N3O3/c1-2-23-17(22)15-6-4-3-5-14(15)7-8-16(21)19-10-12-20-11-9-18-13-20/h3-9,11,13H,2,10,12H2,1H3,(H,19,21)/b8-7+. The third-order valence-corrected chi connectivity index (χ3v) is 3.10. The second-order valence-corrected chi connectivity index (χ2v) is 4.73. The minimum atomic E-state index is -0.395. The van der Waals surface area contributed by atoms with Gasteiger partial charge in [-0.25, -0.2) is 9.78 Å². The molecule has 1 amide bonds. The van der Waals surface area contributed by atoms with Crippen LogP contribution in [-0.4, -0.2) is 34.6 Å². The van der Waals surface area contributed by atoms with Crippen molar-refractivity contribution >= 4 is 18.0 Å². The molecule has 23 heavy (non-hydrogen) atoms. The maximum absolute atomic E-state index is 11.8. The van der Waals surface area contributed by atoms with E-state index in [2.05, 4.69) is 10.3 Å². The number of ether oxygens (including phenoxy) is 1. The van der Waals surface area contributed by atoms with Gasteiger partial charge in [-0.2, -0.15) is 0 Å². The van der Waals surface area contributed by atoms with Gasteiger partial charge in [0.05, 0.1) is 18.5 Å². The summed E-state index contributed by atoms with van der Waals surface area (Å²) in [4.78, 5) is 27.6. The number of amides is 1. The van der Waals surface area contributed by atoms with Gasteiger partial charge in [0.15, 0.2) is 0 Å². The van der Waals surface area contributed by atoms with Crippen molar-refractivity contribution in [2.75, 3.05) is 13.2 Å². The maximum atomic E-state index is 11.8. The van der Waals surface area contributed by atoms with Gasteiger partial charge in [0.2, 0.25) is 5.91 Å². The molecular formula is C17H19N3O3. The first-order chi connectivity index (χ1) is 11.2. The van der Waals surface area contributed by atoms with Crippen LogP contribution in [0.25, 0.3) is 6.08 Å². The van der Waals surface area contributed by atoms with Gasteiger partial charge in [-0.15, -0.1) is 0 Å². The van der Waals surface area contributed by atoms with Crippen molar-refractivity contribution in [2.45, 2.75) is 13.5 Å². The highest BCUT2D eigenvalue weighted by Crippen LogP contribution is 2.12. The minimum Gasteiger partial charge on any atom is -0.462 e. The first kappa shape index (κ1) is 16.5. The molecule has 0 atom stereocenters. The Bertz CT molecular complexity index is 678. The molecule has 1 aromatic heterocycles. The zero-order valence-corrected chi connectivity index (χ0v) is 12.9. The molecule has 2 aromatic rings. The number of benzene rings is 1. The van der Waals surface area contributed by atoms with Crippen LogP contribution in [-0.2, 0) is 16.1 Å². The minimum absolute atomic E-state index is 0.219. The number of carbonyl (C=O) groups excluding carboxylic acids is 2. The number of carbonyl (C=O) groups is 2. The maximum Gasteiger partial charge on any atom is 0.338 e.